The first-order valence-electron chi connectivity index (χ1n) is 9.11. The summed E-state index contributed by atoms with van der Waals surface area (Å²) in [6, 6.07) is 11.9. The Morgan fingerprint density at radius 3 is 2.14 bits per heavy atom. The molecule has 0 aliphatic carbocycles. The maximum Gasteiger partial charge on any atom is 0.416 e. The van der Waals surface area contributed by atoms with Gasteiger partial charge in [-0.05, 0) is 49.7 Å². The second kappa shape index (κ2) is 8.23. The van der Waals surface area contributed by atoms with Crippen molar-refractivity contribution in [3.63, 3.8) is 0 Å². The van der Waals surface area contributed by atoms with Crippen LogP contribution in [-0.2, 0) is 22.7 Å². The topological polar surface area (TPSA) is 40.6 Å². The zero-order valence-corrected chi connectivity index (χ0v) is 16.4. The molecule has 0 radical (unpaired) electrons. The lowest BCUT2D eigenvalue weighted by atomic mass is 10.1. The molecular weight excluding hydrogens is 389 g/mol. The molecule has 2 aromatic rings. The lowest BCUT2D eigenvalue weighted by Crippen LogP contribution is -2.35. The van der Waals surface area contributed by atoms with Crippen molar-refractivity contribution in [3.8, 4) is 0 Å². The van der Waals surface area contributed by atoms with Crippen LogP contribution in [0.3, 0.4) is 0 Å². The molecule has 2 aromatic carbocycles. The Balaban J connectivity index is 1.64. The van der Waals surface area contributed by atoms with Crippen LogP contribution in [0.1, 0.15) is 23.1 Å². The number of hydrogen-bond acceptors (Lipinski definition) is 3. The molecule has 0 spiro atoms. The van der Waals surface area contributed by atoms with Gasteiger partial charge in [-0.3, -0.25) is 4.90 Å². The molecule has 1 saturated heterocycles. The summed E-state index contributed by atoms with van der Waals surface area (Å²) in [6.45, 7) is 4.42. The first-order chi connectivity index (χ1) is 13.2. The van der Waals surface area contributed by atoms with Crippen LogP contribution in [0.2, 0.25) is 0 Å². The Morgan fingerprint density at radius 1 is 0.893 bits per heavy atom. The highest BCUT2D eigenvalue weighted by Gasteiger charge is 2.30. The minimum absolute atomic E-state index is 0.286. The van der Waals surface area contributed by atoms with E-state index in [2.05, 4.69) is 4.90 Å². The van der Waals surface area contributed by atoms with Gasteiger partial charge in [0, 0.05) is 26.2 Å². The van der Waals surface area contributed by atoms with E-state index in [9.17, 15) is 21.6 Å². The minimum Gasteiger partial charge on any atom is -0.298 e. The lowest BCUT2D eigenvalue weighted by molar-refractivity contribution is -0.137. The van der Waals surface area contributed by atoms with E-state index in [4.69, 9.17) is 0 Å². The van der Waals surface area contributed by atoms with E-state index in [1.165, 1.54) is 16.4 Å². The van der Waals surface area contributed by atoms with E-state index >= 15 is 0 Å². The largest absolute Gasteiger partial charge is 0.416 e. The molecule has 0 amide bonds. The van der Waals surface area contributed by atoms with Gasteiger partial charge in [0.05, 0.1) is 10.5 Å². The summed E-state index contributed by atoms with van der Waals surface area (Å²) in [5.41, 5.74) is 1.11. The van der Waals surface area contributed by atoms with E-state index in [0.29, 0.717) is 39.1 Å². The second-order valence-electron chi connectivity index (χ2n) is 7.04. The molecule has 1 aliphatic rings. The van der Waals surface area contributed by atoms with Gasteiger partial charge in [-0.2, -0.15) is 17.5 Å². The molecule has 0 saturated carbocycles. The Hall–Kier alpha value is -1.90. The Kier molecular flexibility index (Phi) is 6.12. The van der Waals surface area contributed by atoms with Gasteiger partial charge in [-0.1, -0.05) is 29.8 Å². The fourth-order valence-corrected chi connectivity index (χ4v) is 4.73. The Bertz CT molecular complexity index is 895. The average Bonchev–Trinajstić information content (AvgIpc) is 2.88. The van der Waals surface area contributed by atoms with Crippen molar-refractivity contribution in [3.05, 3.63) is 65.2 Å². The molecule has 1 fully saturated rings. The predicted octanol–water partition coefficient (Wildman–Crippen LogP) is 3.91. The Labute approximate surface area is 163 Å². The number of halogens is 3. The van der Waals surface area contributed by atoms with Crippen LogP contribution in [0.15, 0.2) is 53.4 Å². The number of sulfonamides is 1. The standard InChI is InChI=1S/C20H23F3N2O2S/c1-16-3-9-19(10-4-16)28(26,27)25-12-2-11-24(13-14-25)15-17-5-7-18(8-6-17)20(21,22)23/h3-10H,2,11-15H2,1H3. The predicted molar refractivity (Wildman–Crippen MR) is 101 cm³/mol. The summed E-state index contributed by atoms with van der Waals surface area (Å²) < 4.78 is 65.2. The van der Waals surface area contributed by atoms with Crippen molar-refractivity contribution >= 4 is 10.0 Å². The SMILES string of the molecule is Cc1ccc(S(=O)(=O)N2CCCN(Cc3ccc(C(F)(F)F)cc3)CC2)cc1. The van der Waals surface area contributed by atoms with Crippen LogP contribution in [0.25, 0.3) is 0 Å². The van der Waals surface area contributed by atoms with Gasteiger partial charge in [0.1, 0.15) is 0 Å². The number of alkyl halides is 3. The lowest BCUT2D eigenvalue weighted by Gasteiger charge is -2.22. The molecule has 3 rings (SSSR count). The first kappa shape index (κ1) is 20.8. The number of benzene rings is 2. The van der Waals surface area contributed by atoms with Crippen molar-refractivity contribution in [2.45, 2.75) is 31.0 Å². The van der Waals surface area contributed by atoms with Gasteiger partial charge in [-0.15, -0.1) is 0 Å². The van der Waals surface area contributed by atoms with Crippen LogP contribution >= 0.6 is 0 Å². The summed E-state index contributed by atoms with van der Waals surface area (Å²) in [5.74, 6) is 0. The zero-order valence-electron chi connectivity index (χ0n) is 15.6. The van der Waals surface area contributed by atoms with Gasteiger partial charge in [-0.25, -0.2) is 8.42 Å². The average molecular weight is 412 g/mol. The number of aryl methyl sites for hydroxylation is 1. The van der Waals surface area contributed by atoms with Gasteiger partial charge in [0.15, 0.2) is 0 Å². The van der Waals surface area contributed by atoms with Gasteiger partial charge in [0.25, 0.3) is 0 Å². The molecule has 1 heterocycles. The maximum atomic E-state index is 12.8. The summed E-state index contributed by atoms with van der Waals surface area (Å²) in [5, 5.41) is 0. The zero-order chi connectivity index (χ0) is 20.4. The first-order valence-corrected chi connectivity index (χ1v) is 10.6. The minimum atomic E-state index is -4.34. The second-order valence-corrected chi connectivity index (χ2v) is 8.98. The third-order valence-corrected chi connectivity index (χ3v) is 6.81. The molecular formula is C20H23F3N2O2S. The number of rotatable bonds is 4. The highest BCUT2D eigenvalue weighted by molar-refractivity contribution is 7.89. The van der Waals surface area contributed by atoms with Gasteiger partial charge in [0.2, 0.25) is 10.0 Å². The van der Waals surface area contributed by atoms with E-state index in [0.717, 1.165) is 23.3 Å². The highest BCUT2D eigenvalue weighted by Crippen LogP contribution is 2.29. The van der Waals surface area contributed by atoms with Crippen molar-refractivity contribution in [2.75, 3.05) is 26.2 Å². The smallest absolute Gasteiger partial charge is 0.298 e. The molecule has 0 N–H and O–H groups in total. The molecule has 0 atom stereocenters. The van der Waals surface area contributed by atoms with Gasteiger partial charge >= 0.3 is 6.18 Å². The fraction of sp³-hybridized carbons (Fsp3) is 0.400. The third kappa shape index (κ3) is 4.92. The van der Waals surface area contributed by atoms with Crippen molar-refractivity contribution in [2.24, 2.45) is 0 Å². The van der Waals surface area contributed by atoms with Crippen molar-refractivity contribution < 1.29 is 21.6 Å². The highest BCUT2D eigenvalue weighted by atomic mass is 32.2. The molecule has 28 heavy (non-hydrogen) atoms. The van der Waals surface area contributed by atoms with E-state index < -0.39 is 21.8 Å². The van der Waals surface area contributed by atoms with Crippen LogP contribution < -0.4 is 0 Å². The summed E-state index contributed by atoms with van der Waals surface area (Å²) in [7, 11) is -3.54. The summed E-state index contributed by atoms with van der Waals surface area (Å²) >= 11 is 0. The monoisotopic (exact) mass is 412 g/mol. The summed E-state index contributed by atoms with van der Waals surface area (Å²) in [4.78, 5) is 2.36. The van der Waals surface area contributed by atoms with Crippen LogP contribution in [0, 0.1) is 6.92 Å². The van der Waals surface area contributed by atoms with Gasteiger partial charge < -0.3 is 0 Å². The normalized spacial score (nSPS) is 17.4. The third-order valence-electron chi connectivity index (χ3n) is 4.89. The molecule has 0 aromatic heterocycles. The van der Waals surface area contributed by atoms with E-state index in [1.807, 2.05) is 6.92 Å². The van der Waals surface area contributed by atoms with E-state index in [-0.39, 0.29) is 4.90 Å². The molecule has 0 unspecified atom stereocenters. The van der Waals surface area contributed by atoms with Crippen LogP contribution in [0.4, 0.5) is 13.2 Å². The fourth-order valence-electron chi connectivity index (χ4n) is 3.26. The maximum absolute atomic E-state index is 12.8. The van der Waals surface area contributed by atoms with Crippen molar-refractivity contribution in [1.29, 1.82) is 0 Å². The summed E-state index contributed by atoms with van der Waals surface area (Å²) in [6.07, 6.45) is -3.67. The molecule has 1 aliphatic heterocycles. The molecule has 4 nitrogen and oxygen atoms in total. The quantitative estimate of drug-likeness (QED) is 0.765. The van der Waals surface area contributed by atoms with Crippen molar-refractivity contribution in [1.82, 2.24) is 9.21 Å². The molecule has 8 heteroatoms. The van der Waals surface area contributed by atoms with Crippen LogP contribution in [-0.4, -0.2) is 43.8 Å². The molecule has 0 bridgehead atoms. The Morgan fingerprint density at radius 2 is 1.54 bits per heavy atom. The number of hydrogen-bond donors (Lipinski definition) is 0. The molecule has 152 valence electrons. The van der Waals surface area contributed by atoms with E-state index in [1.54, 1.807) is 24.3 Å². The number of nitrogens with zero attached hydrogens (tertiary/aromatic N) is 2. The van der Waals surface area contributed by atoms with Crippen LogP contribution in [0.5, 0.6) is 0 Å².